The van der Waals surface area contributed by atoms with Crippen LogP contribution in [-0.4, -0.2) is 28.1 Å². The van der Waals surface area contributed by atoms with Crippen molar-refractivity contribution in [2.75, 3.05) is 12.3 Å². The number of aromatic nitrogens is 1. The molecule has 1 fully saturated rings. The number of fused-ring (bicyclic) bond motifs is 1. The molecular weight excluding hydrogens is 324 g/mol. The summed E-state index contributed by atoms with van der Waals surface area (Å²) in [6, 6.07) is 14.4. The average Bonchev–Trinajstić information content (AvgIpc) is 3.22. The molecule has 2 aromatic heterocycles. The zero-order valence-corrected chi connectivity index (χ0v) is 14.1. The topological polar surface area (TPSA) is 33.2 Å². The van der Waals surface area contributed by atoms with Crippen molar-refractivity contribution in [1.29, 1.82) is 0 Å². The lowest BCUT2D eigenvalue weighted by Gasteiger charge is -2.25. The Labute approximate surface area is 143 Å². The number of nitrogens with zero attached hydrogens (tertiary/aromatic N) is 2. The van der Waals surface area contributed by atoms with Gasteiger partial charge < -0.3 is 4.90 Å². The summed E-state index contributed by atoms with van der Waals surface area (Å²) >= 11 is 3.47. The summed E-state index contributed by atoms with van der Waals surface area (Å²) in [6.45, 7) is 0.771. The van der Waals surface area contributed by atoms with E-state index in [0.29, 0.717) is 5.75 Å². The molecule has 3 heterocycles. The van der Waals surface area contributed by atoms with E-state index in [-0.39, 0.29) is 11.3 Å². The molecule has 0 aliphatic carbocycles. The average molecular weight is 340 g/mol. The van der Waals surface area contributed by atoms with Crippen molar-refractivity contribution in [3.05, 3.63) is 64.5 Å². The minimum Gasteiger partial charge on any atom is -0.325 e. The first-order valence-electron chi connectivity index (χ1n) is 7.60. The number of para-hydroxylation sites is 1. The SMILES string of the molecule is O=C1CSC(c2ccnc3ccccc23)N1CCc1cccs1. The lowest BCUT2D eigenvalue weighted by Crippen LogP contribution is -2.30. The number of carbonyl (C=O) groups is 1. The van der Waals surface area contributed by atoms with Crippen molar-refractivity contribution >= 4 is 39.9 Å². The van der Waals surface area contributed by atoms with Crippen LogP contribution in [0.1, 0.15) is 15.8 Å². The quantitative estimate of drug-likeness (QED) is 0.716. The number of benzene rings is 1. The first kappa shape index (κ1) is 14.7. The molecule has 1 aliphatic heterocycles. The van der Waals surface area contributed by atoms with E-state index < -0.39 is 0 Å². The molecule has 1 amide bonds. The number of carbonyl (C=O) groups excluding carboxylic acids is 1. The predicted molar refractivity (Wildman–Crippen MR) is 96.7 cm³/mol. The molecule has 1 unspecified atom stereocenters. The fourth-order valence-corrected chi connectivity index (χ4v) is 4.92. The summed E-state index contributed by atoms with van der Waals surface area (Å²) < 4.78 is 0. The summed E-state index contributed by atoms with van der Waals surface area (Å²) in [7, 11) is 0. The monoisotopic (exact) mass is 340 g/mol. The van der Waals surface area contributed by atoms with Gasteiger partial charge in [-0.15, -0.1) is 23.1 Å². The van der Waals surface area contributed by atoms with E-state index in [9.17, 15) is 4.79 Å². The summed E-state index contributed by atoms with van der Waals surface area (Å²) in [5.41, 5.74) is 2.18. The van der Waals surface area contributed by atoms with E-state index in [2.05, 4.69) is 34.6 Å². The third-order valence-electron chi connectivity index (χ3n) is 4.10. The Hall–Kier alpha value is -1.85. The van der Waals surface area contributed by atoms with Gasteiger partial charge in [0.1, 0.15) is 5.37 Å². The van der Waals surface area contributed by atoms with Crippen molar-refractivity contribution in [3.8, 4) is 0 Å². The molecule has 0 radical (unpaired) electrons. The highest BCUT2D eigenvalue weighted by molar-refractivity contribution is 8.00. The van der Waals surface area contributed by atoms with Crippen LogP contribution in [-0.2, 0) is 11.2 Å². The van der Waals surface area contributed by atoms with Crippen LogP contribution in [0, 0.1) is 0 Å². The molecule has 23 heavy (non-hydrogen) atoms. The molecule has 4 rings (SSSR count). The van der Waals surface area contributed by atoms with Gasteiger partial charge in [0.25, 0.3) is 0 Å². The predicted octanol–water partition coefficient (Wildman–Crippen LogP) is 4.11. The highest BCUT2D eigenvalue weighted by Crippen LogP contribution is 2.41. The summed E-state index contributed by atoms with van der Waals surface area (Å²) in [5, 5.41) is 3.32. The Balaban J connectivity index is 1.64. The Bertz CT molecular complexity index is 827. The lowest BCUT2D eigenvalue weighted by molar-refractivity contribution is -0.128. The van der Waals surface area contributed by atoms with Crippen molar-refractivity contribution in [2.24, 2.45) is 0 Å². The third-order valence-corrected chi connectivity index (χ3v) is 6.27. The number of rotatable bonds is 4. The van der Waals surface area contributed by atoms with E-state index in [1.54, 1.807) is 23.1 Å². The van der Waals surface area contributed by atoms with Gasteiger partial charge in [-0.3, -0.25) is 9.78 Å². The normalized spacial score (nSPS) is 18.0. The van der Waals surface area contributed by atoms with E-state index in [0.717, 1.165) is 23.9 Å². The van der Waals surface area contributed by atoms with Crippen molar-refractivity contribution in [1.82, 2.24) is 9.88 Å². The van der Waals surface area contributed by atoms with E-state index in [4.69, 9.17) is 0 Å². The smallest absolute Gasteiger partial charge is 0.233 e. The van der Waals surface area contributed by atoms with Gasteiger partial charge in [0, 0.05) is 23.0 Å². The standard InChI is InChI=1S/C18H16N2OS2/c21-17-12-23-18(20(17)10-8-13-4-3-11-22-13)15-7-9-19-16-6-2-1-5-14(15)16/h1-7,9,11,18H,8,10,12H2. The zero-order chi connectivity index (χ0) is 15.6. The summed E-state index contributed by atoms with van der Waals surface area (Å²) in [5.74, 6) is 0.795. The Kier molecular flexibility index (Phi) is 4.06. The number of thioether (sulfide) groups is 1. The summed E-state index contributed by atoms with van der Waals surface area (Å²) in [4.78, 5) is 20.1. The van der Waals surface area contributed by atoms with Crippen LogP contribution in [0.3, 0.4) is 0 Å². The lowest BCUT2D eigenvalue weighted by atomic mass is 10.1. The molecule has 3 nitrogen and oxygen atoms in total. The molecule has 1 atom stereocenters. The largest absolute Gasteiger partial charge is 0.325 e. The van der Waals surface area contributed by atoms with Gasteiger partial charge in [0.05, 0.1) is 11.3 Å². The second-order valence-corrected chi connectivity index (χ2v) is 7.60. The van der Waals surface area contributed by atoms with E-state index in [1.807, 2.05) is 29.3 Å². The van der Waals surface area contributed by atoms with Crippen LogP contribution in [0.4, 0.5) is 0 Å². The molecule has 0 saturated carbocycles. The maximum Gasteiger partial charge on any atom is 0.233 e. The van der Waals surface area contributed by atoms with Crippen molar-refractivity contribution in [2.45, 2.75) is 11.8 Å². The van der Waals surface area contributed by atoms with Crippen LogP contribution in [0.15, 0.2) is 54.0 Å². The molecule has 1 aliphatic rings. The zero-order valence-electron chi connectivity index (χ0n) is 12.5. The van der Waals surface area contributed by atoms with Crippen molar-refractivity contribution < 1.29 is 4.79 Å². The van der Waals surface area contributed by atoms with Gasteiger partial charge in [0.2, 0.25) is 5.91 Å². The van der Waals surface area contributed by atoms with Crippen LogP contribution in [0.25, 0.3) is 10.9 Å². The molecule has 0 N–H and O–H groups in total. The van der Waals surface area contributed by atoms with E-state index >= 15 is 0 Å². The maximum absolute atomic E-state index is 12.3. The number of pyridine rings is 1. The van der Waals surface area contributed by atoms with Gasteiger partial charge in [-0.25, -0.2) is 0 Å². The van der Waals surface area contributed by atoms with Gasteiger partial charge >= 0.3 is 0 Å². The second kappa shape index (κ2) is 6.34. The minimum atomic E-state index is 0.0929. The molecule has 3 aromatic rings. The molecule has 0 bridgehead atoms. The minimum absolute atomic E-state index is 0.0929. The Morgan fingerprint density at radius 1 is 1.17 bits per heavy atom. The van der Waals surface area contributed by atoms with E-state index in [1.165, 1.54) is 10.4 Å². The van der Waals surface area contributed by atoms with Crippen LogP contribution in [0.2, 0.25) is 0 Å². The number of amides is 1. The molecular formula is C18H16N2OS2. The first-order valence-corrected chi connectivity index (χ1v) is 9.53. The molecule has 5 heteroatoms. The number of thiophene rings is 1. The number of hydrogen-bond donors (Lipinski definition) is 0. The number of hydrogen-bond acceptors (Lipinski definition) is 4. The highest BCUT2D eigenvalue weighted by Gasteiger charge is 2.33. The van der Waals surface area contributed by atoms with Crippen LogP contribution >= 0.6 is 23.1 Å². The molecule has 116 valence electrons. The van der Waals surface area contributed by atoms with Gasteiger partial charge in [-0.1, -0.05) is 24.3 Å². The maximum atomic E-state index is 12.3. The molecule has 1 aromatic carbocycles. The van der Waals surface area contributed by atoms with Crippen molar-refractivity contribution in [3.63, 3.8) is 0 Å². The molecule has 1 saturated heterocycles. The Morgan fingerprint density at radius 2 is 2.09 bits per heavy atom. The molecule has 0 spiro atoms. The van der Waals surface area contributed by atoms with Gasteiger partial charge in [0.15, 0.2) is 0 Å². The fourth-order valence-electron chi connectivity index (χ4n) is 2.97. The van der Waals surface area contributed by atoms with Crippen LogP contribution < -0.4 is 0 Å². The second-order valence-electron chi connectivity index (χ2n) is 5.50. The third kappa shape index (κ3) is 2.86. The van der Waals surface area contributed by atoms with Gasteiger partial charge in [-0.05, 0) is 35.6 Å². The van der Waals surface area contributed by atoms with Gasteiger partial charge in [-0.2, -0.15) is 0 Å². The Morgan fingerprint density at radius 3 is 2.96 bits per heavy atom. The summed E-state index contributed by atoms with van der Waals surface area (Å²) in [6.07, 6.45) is 2.77. The highest BCUT2D eigenvalue weighted by atomic mass is 32.2. The fraction of sp³-hybridized carbons (Fsp3) is 0.222. The van der Waals surface area contributed by atoms with Crippen LogP contribution in [0.5, 0.6) is 0 Å². The first-order chi connectivity index (χ1) is 11.3.